The van der Waals surface area contributed by atoms with Gasteiger partial charge in [-0.2, -0.15) is 0 Å². The summed E-state index contributed by atoms with van der Waals surface area (Å²) in [6.07, 6.45) is 1.58. The highest BCUT2D eigenvalue weighted by Crippen LogP contribution is 2.27. The fourth-order valence-electron chi connectivity index (χ4n) is 3.38. The van der Waals surface area contributed by atoms with Crippen LogP contribution in [-0.2, 0) is 12.8 Å². The van der Waals surface area contributed by atoms with Crippen LogP contribution < -0.4 is 10.1 Å². The molecule has 0 spiro atoms. The molecule has 0 aliphatic carbocycles. The van der Waals surface area contributed by atoms with E-state index in [1.165, 1.54) is 11.1 Å². The Bertz CT molecular complexity index is 880. The van der Waals surface area contributed by atoms with E-state index < -0.39 is 0 Å². The number of rotatable bonds is 5. The highest BCUT2D eigenvalue weighted by atomic mass is 16.5. The van der Waals surface area contributed by atoms with Crippen LogP contribution >= 0.6 is 0 Å². The van der Waals surface area contributed by atoms with E-state index in [-0.39, 0.29) is 12.0 Å². The summed E-state index contributed by atoms with van der Waals surface area (Å²) < 4.78 is 5.90. The standard InChI is InChI=1S/C23H21NO2/c25-23(24-16-20-15-19-11-5-7-13-22(19)26-20)21-12-6-4-10-18(21)14-17-8-2-1-3-9-17/h1-13,20H,14-16H2,(H,24,25)/t20-/m0/s1. The Morgan fingerprint density at radius 1 is 0.923 bits per heavy atom. The molecule has 3 aromatic rings. The second-order valence-corrected chi connectivity index (χ2v) is 6.58. The minimum absolute atomic E-state index is 0.00219. The Morgan fingerprint density at radius 3 is 2.50 bits per heavy atom. The summed E-state index contributed by atoms with van der Waals surface area (Å²) in [7, 11) is 0. The van der Waals surface area contributed by atoms with Crippen molar-refractivity contribution >= 4 is 5.91 Å². The molecule has 3 aromatic carbocycles. The average molecular weight is 343 g/mol. The summed E-state index contributed by atoms with van der Waals surface area (Å²) in [6, 6.07) is 26.0. The summed E-state index contributed by atoms with van der Waals surface area (Å²) in [6.45, 7) is 0.507. The quantitative estimate of drug-likeness (QED) is 0.760. The number of ether oxygens (including phenoxy) is 1. The number of hydrogen-bond acceptors (Lipinski definition) is 2. The molecule has 0 saturated carbocycles. The van der Waals surface area contributed by atoms with Gasteiger partial charge in [-0.3, -0.25) is 4.79 Å². The smallest absolute Gasteiger partial charge is 0.251 e. The van der Waals surface area contributed by atoms with Crippen molar-refractivity contribution in [1.82, 2.24) is 5.32 Å². The van der Waals surface area contributed by atoms with Crippen molar-refractivity contribution in [2.75, 3.05) is 6.54 Å². The first-order valence-electron chi connectivity index (χ1n) is 8.94. The van der Waals surface area contributed by atoms with E-state index in [1.807, 2.05) is 60.7 Å². The molecule has 0 unspecified atom stereocenters. The molecule has 4 rings (SSSR count). The third kappa shape index (κ3) is 3.62. The molecule has 0 aromatic heterocycles. The Kier molecular flexibility index (Phi) is 4.69. The van der Waals surface area contributed by atoms with Gasteiger partial charge in [-0.1, -0.05) is 66.7 Å². The van der Waals surface area contributed by atoms with Gasteiger partial charge in [0.2, 0.25) is 0 Å². The SMILES string of the molecule is O=C(NC[C@@H]1Cc2ccccc2O1)c1ccccc1Cc1ccccc1. The topological polar surface area (TPSA) is 38.3 Å². The van der Waals surface area contributed by atoms with Crippen LogP contribution in [-0.4, -0.2) is 18.6 Å². The number of hydrogen-bond donors (Lipinski definition) is 1. The van der Waals surface area contributed by atoms with Gasteiger partial charge in [0.25, 0.3) is 5.91 Å². The number of amides is 1. The average Bonchev–Trinajstić information content (AvgIpc) is 3.10. The predicted molar refractivity (Wildman–Crippen MR) is 103 cm³/mol. The summed E-state index contributed by atoms with van der Waals surface area (Å²) in [5.41, 5.74) is 4.16. The lowest BCUT2D eigenvalue weighted by Crippen LogP contribution is -2.34. The first kappa shape index (κ1) is 16.4. The predicted octanol–water partition coefficient (Wildman–Crippen LogP) is 4.01. The van der Waals surface area contributed by atoms with Gasteiger partial charge in [0, 0.05) is 12.0 Å². The fourth-order valence-corrected chi connectivity index (χ4v) is 3.38. The van der Waals surface area contributed by atoms with Crippen LogP contribution in [0.5, 0.6) is 5.75 Å². The van der Waals surface area contributed by atoms with Crippen molar-refractivity contribution < 1.29 is 9.53 Å². The lowest BCUT2D eigenvalue weighted by Gasteiger charge is -2.14. The third-order valence-electron chi connectivity index (χ3n) is 4.70. The molecule has 0 fully saturated rings. The summed E-state index contributed by atoms with van der Waals surface area (Å²) >= 11 is 0. The van der Waals surface area contributed by atoms with E-state index in [0.717, 1.165) is 29.7 Å². The van der Waals surface area contributed by atoms with Crippen LogP contribution in [0.4, 0.5) is 0 Å². The first-order chi connectivity index (χ1) is 12.8. The van der Waals surface area contributed by atoms with Crippen molar-refractivity contribution in [3.05, 3.63) is 101 Å². The van der Waals surface area contributed by atoms with Gasteiger partial charge in [-0.15, -0.1) is 0 Å². The van der Waals surface area contributed by atoms with Crippen molar-refractivity contribution in [3.63, 3.8) is 0 Å². The summed E-state index contributed by atoms with van der Waals surface area (Å²) in [4.78, 5) is 12.7. The van der Waals surface area contributed by atoms with Gasteiger partial charge in [0.1, 0.15) is 11.9 Å². The summed E-state index contributed by atoms with van der Waals surface area (Å²) in [5, 5.41) is 3.04. The van der Waals surface area contributed by atoms with Crippen molar-refractivity contribution in [2.24, 2.45) is 0 Å². The maximum atomic E-state index is 12.7. The molecule has 0 radical (unpaired) electrons. The molecular formula is C23H21NO2. The molecule has 130 valence electrons. The minimum Gasteiger partial charge on any atom is -0.488 e. The fraction of sp³-hybridized carbons (Fsp3) is 0.174. The van der Waals surface area contributed by atoms with Gasteiger partial charge in [-0.05, 0) is 35.2 Å². The largest absolute Gasteiger partial charge is 0.488 e. The van der Waals surface area contributed by atoms with E-state index in [4.69, 9.17) is 4.74 Å². The molecule has 3 heteroatoms. The van der Waals surface area contributed by atoms with Crippen LogP contribution in [0.3, 0.4) is 0 Å². The molecular weight excluding hydrogens is 322 g/mol. The highest BCUT2D eigenvalue weighted by Gasteiger charge is 2.23. The van der Waals surface area contributed by atoms with E-state index in [2.05, 4.69) is 23.5 Å². The van der Waals surface area contributed by atoms with Gasteiger partial charge in [-0.25, -0.2) is 0 Å². The van der Waals surface area contributed by atoms with Gasteiger partial charge >= 0.3 is 0 Å². The zero-order valence-electron chi connectivity index (χ0n) is 14.5. The Balaban J connectivity index is 1.41. The minimum atomic E-state index is -0.0453. The van der Waals surface area contributed by atoms with Crippen LogP contribution in [0.15, 0.2) is 78.9 Å². The van der Waals surface area contributed by atoms with Crippen LogP contribution in [0, 0.1) is 0 Å². The monoisotopic (exact) mass is 343 g/mol. The Labute approximate surface area is 153 Å². The van der Waals surface area contributed by atoms with Crippen molar-refractivity contribution in [3.8, 4) is 5.75 Å². The van der Waals surface area contributed by atoms with E-state index in [0.29, 0.717) is 6.54 Å². The number of nitrogens with one attached hydrogen (secondary N) is 1. The van der Waals surface area contributed by atoms with Crippen molar-refractivity contribution in [1.29, 1.82) is 0 Å². The molecule has 3 nitrogen and oxygen atoms in total. The van der Waals surface area contributed by atoms with E-state index in [1.54, 1.807) is 0 Å². The molecule has 1 aliphatic heterocycles. The Morgan fingerprint density at radius 2 is 1.65 bits per heavy atom. The first-order valence-corrected chi connectivity index (χ1v) is 8.94. The van der Waals surface area contributed by atoms with E-state index in [9.17, 15) is 4.79 Å². The maximum Gasteiger partial charge on any atom is 0.251 e. The number of benzene rings is 3. The molecule has 1 heterocycles. The maximum absolute atomic E-state index is 12.7. The normalized spacial score (nSPS) is 15.2. The number of carbonyl (C=O) groups is 1. The highest BCUT2D eigenvalue weighted by molar-refractivity contribution is 5.95. The molecule has 1 aliphatic rings. The lowest BCUT2D eigenvalue weighted by molar-refractivity contribution is 0.0932. The van der Waals surface area contributed by atoms with Crippen LogP contribution in [0.2, 0.25) is 0 Å². The molecule has 1 atom stereocenters. The zero-order chi connectivity index (χ0) is 17.8. The summed E-state index contributed by atoms with van der Waals surface area (Å²) in [5.74, 6) is 0.882. The second-order valence-electron chi connectivity index (χ2n) is 6.58. The van der Waals surface area contributed by atoms with Gasteiger partial charge in [0.15, 0.2) is 0 Å². The van der Waals surface area contributed by atoms with Gasteiger partial charge < -0.3 is 10.1 Å². The van der Waals surface area contributed by atoms with Gasteiger partial charge in [0.05, 0.1) is 6.54 Å². The number of fused-ring (bicyclic) bond motifs is 1. The van der Waals surface area contributed by atoms with Crippen LogP contribution in [0.25, 0.3) is 0 Å². The molecule has 1 N–H and O–H groups in total. The zero-order valence-corrected chi connectivity index (χ0v) is 14.5. The number of carbonyl (C=O) groups excluding carboxylic acids is 1. The Hall–Kier alpha value is -3.07. The van der Waals surface area contributed by atoms with Crippen LogP contribution in [0.1, 0.15) is 27.0 Å². The molecule has 0 bridgehead atoms. The lowest BCUT2D eigenvalue weighted by atomic mass is 9.99. The van der Waals surface area contributed by atoms with Crippen molar-refractivity contribution in [2.45, 2.75) is 18.9 Å². The molecule has 26 heavy (non-hydrogen) atoms. The second kappa shape index (κ2) is 7.44. The number of para-hydroxylation sites is 1. The third-order valence-corrected chi connectivity index (χ3v) is 4.70. The molecule has 0 saturated heterocycles. The molecule has 1 amide bonds. The van der Waals surface area contributed by atoms with E-state index >= 15 is 0 Å².